The second-order valence-electron chi connectivity index (χ2n) is 3.47. The molecule has 1 nitrogen and oxygen atoms in total. The number of halogens is 3. The average Bonchev–Trinajstić information content (AvgIpc) is 2.32. The van der Waals surface area contributed by atoms with Crippen molar-refractivity contribution in [2.75, 3.05) is 0 Å². The van der Waals surface area contributed by atoms with Crippen molar-refractivity contribution in [2.45, 2.75) is 6.61 Å². The van der Waals surface area contributed by atoms with Gasteiger partial charge in [-0.2, -0.15) is 0 Å². The zero-order chi connectivity index (χ0) is 12.3. The Bertz CT molecular complexity index is 529. The Morgan fingerprint density at radius 3 is 2.47 bits per heavy atom. The van der Waals surface area contributed by atoms with E-state index in [1.54, 1.807) is 24.3 Å². The molecule has 17 heavy (non-hydrogen) atoms. The van der Waals surface area contributed by atoms with E-state index < -0.39 is 5.82 Å². The van der Waals surface area contributed by atoms with Crippen LogP contribution in [0.25, 0.3) is 0 Å². The minimum absolute atomic E-state index is 0.130. The van der Waals surface area contributed by atoms with E-state index in [0.29, 0.717) is 10.0 Å². The Labute approximate surface area is 106 Å². The highest BCUT2D eigenvalue weighted by Crippen LogP contribution is 2.20. The lowest BCUT2D eigenvalue weighted by Gasteiger charge is -2.07. The summed E-state index contributed by atoms with van der Waals surface area (Å²) in [6.07, 6.45) is 0. The van der Waals surface area contributed by atoms with Gasteiger partial charge in [-0.3, -0.25) is 0 Å². The Morgan fingerprint density at radius 1 is 1.00 bits per heavy atom. The zero-order valence-electron chi connectivity index (χ0n) is 8.79. The average molecular weight is 299 g/mol. The molecule has 0 atom stereocenters. The standard InChI is InChI=1S/C13H9BrF2O/c14-10-6-5-9(7-12(10)16)8-17-13-4-2-1-3-11(13)15/h1-7H,8H2. The van der Waals surface area contributed by atoms with Crippen molar-refractivity contribution in [3.05, 3.63) is 64.1 Å². The molecule has 2 aromatic rings. The van der Waals surface area contributed by atoms with Gasteiger partial charge in [0.15, 0.2) is 11.6 Å². The lowest BCUT2D eigenvalue weighted by Crippen LogP contribution is -1.97. The summed E-state index contributed by atoms with van der Waals surface area (Å²) in [5.41, 5.74) is 0.647. The zero-order valence-corrected chi connectivity index (χ0v) is 10.4. The second-order valence-corrected chi connectivity index (χ2v) is 4.32. The van der Waals surface area contributed by atoms with Crippen molar-refractivity contribution in [3.63, 3.8) is 0 Å². The van der Waals surface area contributed by atoms with Crippen molar-refractivity contribution < 1.29 is 13.5 Å². The van der Waals surface area contributed by atoms with Gasteiger partial charge in [0.1, 0.15) is 12.4 Å². The summed E-state index contributed by atoms with van der Waals surface area (Å²) >= 11 is 3.06. The molecule has 0 N–H and O–H groups in total. The van der Waals surface area contributed by atoms with Crippen LogP contribution in [0.15, 0.2) is 46.9 Å². The molecular weight excluding hydrogens is 290 g/mol. The first kappa shape index (κ1) is 12.0. The molecule has 0 aromatic heterocycles. The smallest absolute Gasteiger partial charge is 0.165 e. The summed E-state index contributed by atoms with van der Waals surface area (Å²) in [5, 5.41) is 0. The lowest BCUT2D eigenvalue weighted by molar-refractivity contribution is 0.289. The maximum absolute atomic E-state index is 13.2. The third-order valence-electron chi connectivity index (χ3n) is 2.22. The van der Waals surface area contributed by atoms with Crippen molar-refractivity contribution in [1.82, 2.24) is 0 Å². The summed E-state index contributed by atoms with van der Waals surface area (Å²) in [6.45, 7) is 0.130. The van der Waals surface area contributed by atoms with E-state index in [-0.39, 0.29) is 18.2 Å². The van der Waals surface area contributed by atoms with E-state index in [2.05, 4.69) is 15.9 Å². The molecule has 0 saturated heterocycles. The third kappa shape index (κ3) is 3.03. The minimum Gasteiger partial charge on any atom is -0.486 e. The van der Waals surface area contributed by atoms with E-state index in [0.717, 1.165) is 0 Å². The fraction of sp³-hybridized carbons (Fsp3) is 0.0769. The molecule has 0 aliphatic rings. The van der Waals surface area contributed by atoms with Gasteiger partial charge in [0.25, 0.3) is 0 Å². The van der Waals surface area contributed by atoms with Crippen LogP contribution in [-0.2, 0) is 6.61 Å². The summed E-state index contributed by atoms with van der Waals surface area (Å²) in [5.74, 6) is -0.624. The van der Waals surface area contributed by atoms with Crippen LogP contribution in [0.4, 0.5) is 8.78 Å². The molecule has 4 heteroatoms. The number of benzene rings is 2. The van der Waals surface area contributed by atoms with E-state index in [4.69, 9.17) is 4.74 Å². The fourth-order valence-electron chi connectivity index (χ4n) is 1.35. The molecule has 0 aliphatic heterocycles. The van der Waals surface area contributed by atoms with E-state index in [1.165, 1.54) is 18.2 Å². The molecule has 0 saturated carbocycles. The van der Waals surface area contributed by atoms with Crippen LogP contribution >= 0.6 is 15.9 Å². The van der Waals surface area contributed by atoms with Crippen LogP contribution in [-0.4, -0.2) is 0 Å². The van der Waals surface area contributed by atoms with Crippen molar-refractivity contribution in [2.24, 2.45) is 0 Å². The molecule has 0 amide bonds. The number of hydrogen-bond acceptors (Lipinski definition) is 1. The SMILES string of the molecule is Fc1cc(COc2ccccc2F)ccc1Br. The van der Waals surface area contributed by atoms with E-state index in [1.807, 2.05) is 0 Å². The monoisotopic (exact) mass is 298 g/mol. The van der Waals surface area contributed by atoms with Gasteiger partial charge < -0.3 is 4.74 Å². The Morgan fingerprint density at radius 2 is 1.76 bits per heavy atom. The van der Waals surface area contributed by atoms with Crippen LogP contribution < -0.4 is 4.74 Å². The van der Waals surface area contributed by atoms with Crippen molar-refractivity contribution in [1.29, 1.82) is 0 Å². The Kier molecular flexibility index (Phi) is 3.74. The number of para-hydroxylation sites is 1. The molecule has 2 aromatic carbocycles. The maximum Gasteiger partial charge on any atom is 0.165 e. The van der Waals surface area contributed by atoms with Gasteiger partial charge in [0, 0.05) is 0 Å². The molecule has 0 fully saturated rings. The molecule has 88 valence electrons. The van der Waals surface area contributed by atoms with Crippen LogP contribution in [0.5, 0.6) is 5.75 Å². The topological polar surface area (TPSA) is 9.23 Å². The van der Waals surface area contributed by atoms with Crippen molar-refractivity contribution in [3.8, 4) is 5.75 Å². The van der Waals surface area contributed by atoms with E-state index >= 15 is 0 Å². The molecule has 0 bridgehead atoms. The molecular formula is C13H9BrF2O. The summed E-state index contributed by atoms with van der Waals surface area (Å²) in [4.78, 5) is 0. The first-order valence-electron chi connectivity index (χ1n) is 4.98. The molecule has 0 spiro atoms. The normalized spacial score (nSPS) is 10.3. The lowest BCUT2D eigenvalue weighted by atomic mass is 10.2. The van der Waals surface area contributed by atoms with Crippen LogP contribution in [0.1, 0.15) is 5.56 Å². The molecule has 0 unspecified atom stereocenters. The summed E-state index contributed by atoms with van der Waals surface area (Å²) in [6, 6.07) is 10.8. The molecule has 2 rings (SSSR count). The summed E-state index contributed by atoms with van der Waals surface area (Å²) in [7, 11) is 0. The second kappa shape index (κ2) is 5.27. The maximum atomic E-state index is 13.2. The van der Waals surface area contributed by atoms with E-state index in [9.17, 15) is 8.78 Å². The quantitative estimate of drug-likeness (QED) is 0.820. The van der Waals surface area contributed by atoms with Gasteiger partial charge in [-0.1, -0.05) is 18.2 Å². The number of ether oxygens (including phenoxy) is 1. The van der Waals surface area contributed by atoms with Crippen LogP contribution in [0.2, 0.25) is 0 Å². The first-order valence-corrected chi connectivity index (χ1v) is 5.77. The van der Waals surface area contributed by atoms with Gasteiger partial charge in [-0.25, -0.2) is 8.78 Å². The first-order chi connectivity index (χ1) is 8.16. The molecule has 0 radical (unpaired) electrons. The largest absolute Gasteiger partial charge is 0.486 e. The highest BCUT2D eigenvalue weighted by Gasteiger charge is 2.04. The predicted molar refractivity (Wildman–Crippen MR) is 64.8 cm³/mol. The van der Waals surface area contributed by atoms with Crippen LogP contribution in [0, 0.1) is 11.6 Å². The van der Waals surface area contributed by atoms with Gasteiger partial charge >= 0.3 is 0 Å². The van der Waals surface area contributed by atoms with Crippen molar-refractivity contribution >= 4 is 15.9 Å². The van der Waals surface area contributed by atoms with Gasteiger partial charge in [0.2, 0.25) is 0 Å². The Hall–Kier alpha value is -1.42. The minimum atomic E-state index is -0.426. The Balaban J connectivity index is 2.08. The highest BCUT2D eigenvalue weighted by atomic mass is 79.9. The van der Waals surface area contributed by atoms with Gasteiger partial charge in [-0.15, -0.1) is 0 Å². The third-order valence-corrected chi connectivity index (χ3v) is 2.86. The predicted octanol–water partition coefficient (Wildman–Crippen LogP) is 4.31. The fourth-order valence-corrected chi connectivity index (χ4v) is 1.60. The van der Waals surface area contributed by atoms with Gasteiger partial charge in [-0.05, 0) is 45.8 Å². The molecule has 0 heterocycles. The number of hydrogen-bond donors (Lipinski definition) is 0. The summed E-state index contributed by atoms with van der Waals surface area (Å²) < 4.78 is 32.1. The van der Waals surface area contributed by atoms with Crippen LogP contribution in [0.3, 0.4) is 0 Å². The highest BCUT2D eigenvalue weighted by molar-refractivity contribution is 9.10. The number of rotatable bonds is 3. The molecule has 0 aliphatic carbocycles. The van der Waals surface area contributed by atoms with Gasteiger partial charge in [0.05, 0.1) is 4.47 Å².